The minimum absolute atomic E-state index is 0. The first-order valence-corrected chi connectivity index (χ1v) is 12.3. The molecule has 0 unspecified atom stereocenters. The second kappa shape index (κ2) is 13.4. The van der Waals surface area contributed by atoms with E-state index >= 15 is 0 Å². The molecule has 0 saturated carbocycles. The summed E-state index contributed by atoms with van der Waals surface area (Å²) in [5.41, 5.74) is 4.07. The quantitative estimate of drug-likeness (QED) is 0.350. The van der Waals surface area contributed by atoms with E-state index in [4.69, 9.17) is 4.42 Å². The summed E-state index contributed by atoms with van der Waals surface area (Å²) in [5, 5.41) is 0. The second-order valence-electron chi connectivity index (χ2n) is 9.62. The van der Waals surface area contributed by atoms with Crippen LogP contribution in [0.3, 0.4) is 0 Å². The Kier molecular flexibility index (Phi) is 11.9. The number of rotatable bonds is 9. The number of aromatic nitrogens is 2. The Morgan fingerprint density at radius 1 is 1.03 bits per heavy atom. The van der Waals surface area contributed by atoms with Crippen molar-refractivity contribution in [2.45, 2.75) is 58.2 Å². The molecule has 5 nitrogen and oxygen atoms in total. The van der Waals surface area contributed by atoms with Gasteiger partial charge in [0.15, 0.2) is 0 Å². The van der Waals surface area contributed by atoms with E-state index in [9.17, 15) is 4.79 Å². The number of thioether (sulfide) groups is 1. The average molecular weight is 527 g/mol. The molecule has 0 atom stereocenters. The van der Waals surface area contributed by atoms with Gasteiger partial charge in [-0.05, 0) is 49.7 Å². The molecule has 34 heavy (non-hydrogen) atoms. The number of hydrogen-bond acceptors (Lipinski definition) is 5. The van der Waals surface area contributed by atoms with E-state index in [0.717, 1.165) is 58.6 Å². The predicted octanol–water partition coefficient (Wildman–Crippen LogP) is 5.94. The van der Waals surface area contributed by atoms with Crippen molar-refractivity contribution in [2.24, 2.45) is 0 Å². The van der Waals surface area contributed by atoms with Gasteiger partial charge in [0.1, 0.15) is 17.3 Å². The van der Waals surface area contributed by atoms with Gasteiger partial charge >= 0.3 is 0 Å². The maximum atomic E-state index is 12.7. The van der Waals surface area contributed by atoms with E-state index in [1.54, 1.807) is 11.8 Å². The van der Waals surface area contributed by atoms with E-state index in [-0.39, 0.29) is 35.8 Å². The molecule has 0 bridgehead atoms. The van der Waals surface area contributed by atoms with Crippen molar-refractivity contribution in [1.29, 1.82) is 0 Å². The summed E-state index contributed by atoms with van der Waals surface area (Å²) in [7, 11) is 4.06. The lowest BCUT2D eigenvalue weighted by Crippen LogP contribution is -2.20. The lowest BCUT2D eigenvalue weighted by atomic mass is 9.86. The Hall–Kier alpha value is -1.73. The molecule has 0 aliphatic rings. The van der Waals surface area contributed by atoms with Gasteiger partial charge in [-0.25, -0.2) is 0 Å². The van der Waals surface area contributed by atoms with Crippen LogP contribution in [0.4, 0.5) is 0 Å². The molecule has 0 amide bonds. The van der Waals surface area contributed by atoms with Gasteiger partial charge in [-0.3, -0.25) is 4.79 Å². The highest BCUT2D eigenvalue weighted by atomic mass is 35.5. The molecule has 8 heteroatoms. The highest BCUT2D eigenvalue weighted by Crippen LogP contribution is 2.23. The Bertz CT molecular complexity index is 1090. The molecule has 0 aliphatic carbocycles. The monoisotopic (exact) mass is 525 g/mol. The van der Waals surface area contributed by atoms with Crippen molar-refractivity contribution in [1.82, 2.24) is 14.9 Å². The molecule has 188 valence electrons. The number of nitrogens with zero attached hydrogens (tertiary/aromatic N) is 2. The maximum Gasteiger partial charge on any atom is 0.276 e. The molecule has 0 saturated heterocycles. The molecule has 1 aromatic carbocycles. The van der Waals surface area contributed by atoms with Gasteiger partial charge in [-0.2, -0.15) is 16.7 Å². The zero-order valence-corrected chi connectivity index (χ0v) is 23.4. The van der Waals surface area contributed by atoms with Crippen LogP contribution in [0.25, 0.3) is 0 Å². The van der Waals surface area contributed by atoms with Crippen molar-refractivity contribution < 1.29 is 4.42 Å². The first-order chi connectivity index (χ1) is 15.1. The van der Waals surface area contributed by atoms with Crippen molar-refractivity contribution in [2.75, 3.05) is 19.8 Å². The molecule has 2 heterocycles. The third kappa shape index (κ3) is 8.81. The van der Waals surface area contributed by atoms with E-state index in [1.807, 2.05) is 33.2 Å². The van der Waals surface area contributed by atoms with Gasteiger partial charge in [0.05, 0.1) is 12.3 Å². The fraction of sp³-hybridized carbons (Fsp3) is 0.462. The highest BCUT2D eigenvalue weighted by Gasteiger charge is 2.14. The number of hydrogen-bond donors (Lipinski definition) is 1. The fourth-order valence-electron chi connectivity index (χ4n) is 3.56. The standard InChI is InChI=1S/C26H35N3O2S.2ClH/c1-18-23(15-19-7-9-20(10-8-19)26(2,3)4)25(30)28-24(27-18)13-14-32-17-22-12-11-21(31-22)16-29(5)6;;/h7-12H,13-17H2,1-6H3,(H,27,28,30);2*1H. The zero-order chi connectivity index (χ0) is 23.3. The zero-order valence-electron chi connectivity index (χ0n) is 20.9. The van der Waals surface area contributed by atoms with Crippen molar-refractivity contribution >= 4 is 36.6 Å². The van der Waals surface area contributed by atoms with Crippen LogP contribution in [-0.4, -0.2) is 34.7 Å². The summed E-state index contributed by atoms with van der Waals surface area (Å²) in [6, 6.07) is 12.6. The molecular weight excluding hydrogens is 489 g/mol. The average Bonchev–Trinajstić information content (AvgIpc) is 3.14. The number of aryl methyl sites for hydroxylation is 2. The largest absolute Gasteiger partial charge is 0.464 e. The number of aromatic amines is 1. The predicted molar refractivity (Wildman–Crippen MR) is 148 cm³/mol. The van der Waals surface area contributed by atoms with Crippen LogP contribution in [0.1, 0.15) is 60.5 Å². The summed E-state index contributed by atoms with van der Waals surface area (Å²) >= 11 is 1.79. The normalized spacial score (nSPS) is 11.3. The smallest absolute Gasteiger partial charge is 0.276 e. The highest BCUT2D eigenvalue weighted by molar-refractivity contribution is 7.98. The molecule has 2 aromatic heterocycles. The minimum Gasteiger partial charge on any atom is -0.464 e. The molecule has 3 aromatic rings. The number of H-pyrrole nitrogens is 1. The maximum absolute atomic E-state index is 12.7. The summed E-state index contributed by atoms with van der Waals surface area (Å²) in [4.78, 5) is 22.4. The van der Waals surface area contributed by atoms with Crippen LogP contribution in [0, 0.1) is 6.92 Å². The van der Waals surface area contributed by atoms with Crippen LogP contribution in [0.5, 0.6) is 0 Å². The minimum atomic E-state index is -0.125. The Morgan fingerprint density at radius 3 is 2.26 bits per heavy atom. The van der Waals surface area contributed by atoms with E-state index in [2.05, 4.69) is 59.9 Å². The van der Waals surface area contributed by atoms with E-state index in [0.29, 0.717) is 6.42 Å². The lowest BCUT2D eigenvalue weighted by Gasteiger charge is -2.19. The van der Waals surface area contributed by atoms with Crippen LogP contribution < -0.4 is 5.56 Å². The Morgan fingerprint density at radius 2 is 1.68 bits per heavy atom. The van der Waals surface area contributed by atoms with Gasteiger partial charge in [0, 0.05) is 29.9 Å². The molecule has 3 rings (SSSR count). The molecular formula is C26H37Cl2N3O2S. The first-order valence-electron chi connectivity index (χ1n) is 11.1. The Balaban J connectivity index is 0.00000289. The van der Waals surface area contributed by atoms with Crippen LogP contribution >= 0.6 is 36.6 Å². The van der Waals surface area contributed by atoms with Crippen LogP contribution in [-0.2, 0) is 30.6 Å². The molecule has 1 N–H and O–H groups in total. The topological polar surface area (TPSA) is 62.1 Å². The fourth-order valence-corrected chi connectivity index (χ4v) is 4.40. The summed E-state index contributed by atoms with van der Waals surface area (Å²) in [6.07, 6.45) is 1.33. The SMILES string of the molecule is Cc1[nH]c(CCSCc2ccc(CN(C)C)o2)nc(=O)c1Cc1ccc(C(C)(C)C)cc1.Cl.Cl. The number of halogens is 2. The molecule has 0 spiro atoms. The Labute approximate surface area is 220 Å². The summed E-state index contributed by atoms with van der Waals surface area (Å²) in [6.45, 7) is 9.38. The van der Waals surface area contributed by atoms with E-state index in [1.165, 1.54) is 5.56 Å². The third-order valence-electron chi connectivity index (χ3n) is 5.40. The first kappa shape index (κ1) is 30.3. The van der Waals surface area contributed by atoms with Crippen molar-refractivity contribution in [3.05, 3.63) is 86.5 Å². The number of furan rings is 1. The number of benzene rings is 1. The lowest BCUT2D eigenvalue weighted by molar-refractivity contribution is 0.344. The molecule has 0 fully saturated rings. The van der Waals surface area contributed by atoms with Crippen LogP contribution in [0.2, 0.25) is 0 Å². The summed E-state index contributed by atoms with van der Waals surface area (Å²) < 4.78 is 5.85. The van der Waals surface area contributed by atoms with Gasteiger partial charge in [0.2, 0.25) is 0 Å². The van der Waals surface area contributed by atoms with Crippen LogP contribution in [0.15, 0.2) is 45.6 Å². The van der Waals surface area contributed by atoms with Gasteiger partial charge in [0.25, 0.3) is 5.56 Å². The number of nitrogens with one attached hydrogen (secondary N) is 1. The van der Waals surface area contributed by atoms with Gasteiger partial charge in [-0.1, -0.05) is 45.0 Å². The summed E-state index contributed by atoms with van der Waals surface area (Å²) in [5.74, 6) is 4.41. The molecule has 0 aliphatic heterocycles. The molecule has 0 radical (unpaired) electrons. The van der Waals surface area contributed by atoms with Crippen molar-refractivity contribution in [3.8, 4) is 0 Å². The van der Waals surface area contributed by atoms with E-state index < -0.39 is 0 Å². The van der Waals surface area contributed by atoms with Crippen molar-refractivity contribution in [3.63, 3.8) is 0 Å². The second-order valence-corrected chi connectivity index (χ2v) is 10.7. The van der Waals surface area contributed by atoms with Gasteiger partial charge in [-0.15, -0.1) is 24.8 Å². The third-order valence-corrected chi connectivity index (χ3v) is 6.38. The van der Waals surface area contributed by atoms with Gasteiger partial charge < -0.3 is 14.3 Å².